The maximum Gasteiger partial charge on any atom is 0.134 e. The van der Waals surface area contributed by atoms with E-state index in [1.165, 1.54) is 6.07 Å². The first-order valence-corrected chi connectivity index (χ1v) is 5.59. The molecule has 3 nitrogen and oxygen atoms in total. The number of halogens is 1. The predicted molar refractivity (Wildman–Crippen MR) is 66.7 cm³/mol. The monoisotopic (exact) mass is 247 g/mol. The van der Waals surface area contributed by atoms with Crippen LogP contribution in [0.25, 0.3) is 0 Å². The van der Waals surface area contributed by atoms with Gasteiger partial charge in [0.05, 0.1) is 6.61 Å². The van der Waals surface area contributed by atoms with Crippen LogP contribution in [-0.2, 0) is 13.2 Å². The fourth-order valence-corrected chi connectivity index (χ4v) is 1.62. The lowest BCUT2D eigenvalue weighted by Crippen LogP contribution is -2.02. The molecule has 0 spiro atoms. The van der Waals surface area contributed by atoms with Crippen molar-refractivity contribution in [1.82, 2.24) is 0 Å². The van der Waals surface area contributed by atoms with E-state index in [2.05, 4.69) is 0 Å². The van der Waals surface area contributed by atoms with Crippen LogP contribution in [0.5, 0.6) is 11.5 Å². The standard InChI is InChI=1S/C14H14FNO2/c15-13-2-1-3-14(12(13)8-16)18-11-6-4-10(9-17)5-7-11/h1-7,17H,8-9,16H2. The van der Waals surface area contributed by atoms with Crippen LogP contribution in [0.15, 0.2) is 42.5 Å². The molecule has 0 saturated carbocycles. The normalized spacial score (nSPS) is 10.4. The summed E-state index contributed by atoms with van der Waals surface area (Å²) in [7, 11) is 0. The van der Waals surface area contributed by atoms with E-state index in [9.17, 15) is 4.39 Å². The highest BCUT2D eigenvalue weighted by molar-refractivity contribution is 5.39. The second kappa shape index (κ2) is 5.62. The highest BCUT2D eigenvalue weighted by atomic mass is 19.1. The summed E-state index contributed by atoms with van der Waals surface area (Å²) in [5.41, 5.74) is 6.64. The van der Waals surface area contributed by atoms with Gasteiger partial charge in [0.15, 0.2) is 0 Å². The van der Waals surface area contributed by atoms with Crippen LogP contribution in [0.3, 0.4) is 0 Å². The Labute approximate surface area is 105 Å². The molecule has 0 bridgehead atoms. The maximum absolute atomic E-state index is 13.5. The number of aliphatic hydroxyl groups is 1. The third-order valence-corrected chi connectivity index (χ3v) is 2.61. The fraction of sp³-hybridized carbons (Fsp3) is 0.143. The van der Waals surface area contributed by atoms with Crippen LogP contribution in [0.4, 0.5) is 4.39 Å². The quantitative estimate of drug-likeness (QED) is 0.873. The van der Waals surface area contributed by atoms with Gasteiger partial charge in [-0.2, -0.15) is 0 Å². The first-order chi connectivity index (χ1) is 8.74. The topological polar surface area (TPSA) is 55.5 Å². The van der Waals surface area contributed by atoms with Crippen molar-refractivity contribution in [3.8, 4) is 11.5 Å². The number of nitrogens with two attached hydrogens (primary N) is 1. The van der Waals surface area contributed by atoms with Gasteiger partial charge < -0.3 is 15.6 Å². The molecule has 94 valence electrons. The van der Waals surface area contributed by atoms with Crippen molar-refractivity contribution in [3.63, 3.8) is 0 Å². The third-order valence-electron chi connectivity index (χ3n) is 2.61. The van der Waals surface area contributed by atoms with E-state index in [1.807, 2.05) is 0 Å². The smallest absolute Gasteiger partial charge is 0.134 e. The van der Waals surface area contributed by atoms with Crippen LogP contribution >= 0.6 is 0 Å². The minimum Gasteiger partial charge on any atom is -0.457 e. The number of benzene rings is 2. The SMILES string of the molecule is NCc1c(F)cccc1Oc1ccc(CO)cc1. The molecule has 0 fully saturated rings. The largest absolute Gasteiger partial charge is 0.457 e. The molecule has 0 aromatic heterocycles. The van der Waals surface area contributed by atoms with Crippen LogP contribution in [0.1, 0.15) is 11.1 Å². The van der Waals surface area contributed by atoms with E-state index >= 15 is 0 Å². The minimum absolute atomic E-state index is 0.0195. The third kappa shape index (κ3) is 2.67. The first kappa shape index (κ1) is 12.5. The van der Waals surface area contributed by atoms with Crippen molar-refractivity contribution in [2.24, 2.45) is 5.73 Å². The first-order valence-electron chi connectivity index (χ1n) is 5.59. The lowest BCUT2D eigenvalue weighted by molar-refractivity contribution is 0.281. The van der Waals surface area contributed by atoms with Gasteiger partial charge in [-0.3, -0.25) is 0 Å². The number of aliphatic hydroxyl groups excluding tert-OH is 1. The van der Waals surface area contributed by atoms with E-state index < -0.39 is 0 Å². The second-order valence-corrected chi connectivity index (χ2v) is 3.82. The van der Waals surface area contributed by atoms with E-state index in [4.69, 9.17) is 15.6 Å². The highest BCUT2D eigenvalue weighted by Crippen LogP contribution is 2.27. The molecule has 2 aromatic rings. The highest BCUT2D eigenvalue weighted by Gasteiger charge is 2.08. The fourth-order valence-electron chi connectivity index (χ4n) is 1.62. The molecular weight excluding hydrogens is 233 g/mol. The molecule has 18 heavy (non-hydrogen) atoms. The lowest BCUT2D eigenvalue weighted by Gasteiger charge is -2.10. The molecular formula is C14H14FNO2. The molecule has 0 saturated heterocycles. The van der Waals surface area contributed by atoms with Crippen molar-refractivity contribution in [2.75, 3.05) is 0 Å². The van der Waals surface area contributed by atoms with Gasteiger partial charge in [-0.05, 0) is 29.8 Å². The van der Waals surface area contributed by atoms with Gasteiger partial charge in [-0.15, -0.1) is 0 Å². The Morgan fingerprint density at radius 2 is 1.83 bits per heavy atom. The Bertz CT molecular complexity index is 526. The summed E-state index contributed by atoms with van der Waals surface area (Å²) in [6.07, 6.45) is 0. The van der Waals surface area contributed by atoms with Crippen molar-refractivity contribution in [3.05, 3.63) is 59.4 Å². The van der Waals surface area contributed by atoms with Crippen molar-refractivity contribution in [1.29, 1.82) is 0 Å². The van der Waals surface area contributed by atoms with Crippen molar-refractivity contribution >= 4 is 0 Å². The van der Waals surface area contributed by atoms with Gasteiger partial charge in [-0.1, -0.05) is 18.2 Å². The summed E-state index contributed by atoms with van der Waals surface area (Å²) in [5, 5.41) is 8.93. The average Bonchev–Trinajstić information content (AvgIpc) is 2.40. The predicted octanol–water partition coefficient (Wildman–Crippen LogP) is 2.57. The van der Waals surface area contributed by atoms with Gasteiger partial charge in [-0.25, -0.2) is 4.39 Å². The maximum atomic E-state index is 13.5. The van der Waals surface area contributed by atoms with Crippen molar-refractivity contribution in [2.45, 2.75) is 13.2 Å². The van der Waals surface area contributed by atoms with Gasteiger partial charge in [0.1, 0.15) is 17.3 Å². The number of rotatable bonds is 4. The summed E-state index contributed by atoms with van der Waals surface area (Å²) >= 11 is 0. The van der Waals surface area contributed by atoms with Gasteiger partial charge >= 0.3 is 0 Å². The Balaban J connectivity index is 2.25. The molecule has 3 N–H and O–H groups in total. The van der Waals surface area contributed by atoms with Gasteiger partial charge in [0, 0.05) is 12.1 Å². The van der Waals surface area contributed by atoms with Crippen LogP contribution in [-0.4, -0.2) is 5.11 Å². The van der Waals surface area contributed by atoms with Gasteiger partial charge in [0.25, 0.3) is 0 Å². The van der Waals surface area contributed by atoms with E-state index in [0.717, 1.165) is 5.56 Å². The number of hydrogen-bond donors (Lipinski definition) is 2. The zero-order chi connectivity index (χ0) is 13.0. The summed E-state index contributed by atoms with van der Waals surface area (Å²) in [6.45, 7) is 0.0605. The van der Waals surface area contributed by atoms with E-state index in [-0.39, 0.29) is 19.0 Å². The molecule has 0 amide bonds. The van der Waals surface area contributed by atoms with E-state index in [0.29, 0.717) is 17.1 Å². The lowest BCUT2D eigenvalue weighted by atomic mass is 10.2. The molecule has 0 aliphatic heterocycles. The molecule has 0 radical (unpaired) electrons. The summed E-state index contributed by atoms with van der Waals surface area (Å²) < 4.78 is 19.1. The molecule has 2 rings (SSSR count). The Kier molecular flexibility index (Phi) is 3.92. The summed E-state index contributed by atoms with van der Waals surface area (Å²) in [6, 6.07) is 11.5. The average molecular weight is 247 g/mol. The zero-order valence-corrected chi connectivity index (χ0v) is 9.77. The summed E-state index contributed by atoms with van der Waals surface area (Å²) in [5.74, 6) is 0.615. The van der Waals surface area contributed by atoms with Gasteiger partial charge in [0.2, 0.25) is 0 Å². The molecule has 0 atom stereocenters. The number of ether oxygens (including phenoxy) is 1. The number of hydrogen-bond acceptors (Lipinski definition) is 3. The second-order valence-electron chi connectivity index (χ2n) is 3.82. The van der Waals surface area contributed by atoms with Crippen LogP contribution in [0.2, 0.25) is 0 Å². The summed E-state index contributed by atoms with van der Waals surface area (Å²) in [4.78, 5) is 0. The van der Waals surface area contributed by atoms with Crippen molar-refractivity contribution < 1.29 is 14.2 Å². The Hall–Kier alpha value is -1.91. The van der Waals surface area contributed by atoms with E-state index in [1.54, 1.807) is 36.4 Å². The molecule has 0 aliphatic carbocycles. The molecule has 0 aliphatic rings. The Morgan fingerprint density at radius 3 is 2.44 bits per heavy atom. The zero-order valence-electron chi connectivity index (χ0n) is 9.77. The van der Waals surface area contributed by atoms with Crippen LogP contribution in [0, 0.1) is 5.82 Å². The molecule has 2 aromatic carbocycles. The minimum atomic E-state index is -0.373. The van der Waals surface area contributed by atoms with Crippen LogP contribution < -0.4 is 10.5 Å². The molecule has 0 heterocycles. The molecule has 0 unspecified atom stereocenters. The molecule has 4 heteroatoms. The Morgan fingerprint density at radius 1 is 1.11 bits per heavy atom.